The molecule has 18 heavy (non-hydrogen) atoms. The average molecular weight is 421 g/mol. The van der Waals surface area contributed by atoms with E-state index in [1.54, 1.807) is 6.92 Å². The summed E-state index contributed by atoms with van der Waals surface area (Å²) in [5.41, 5.74) is 0. The van der Waals surface area contributed by atoms with E-state index in [0.717, 1.165) is 12.8 Å². The Hall–Kier alpha value is 0.428. The maximum atomic E-state index is 3.85. The number of allylic oxidation sites excluding steroid dienone is 2. The predicted octanol–water partition coefficient (Wildman–Crippen LogP) is 6.34. The third kappa shape index (κ3) is 25.3. The molecule has 0 aliphatic rings. The Morgan fingerprint density at radius 1 is 0.611 bits per heavy atom. The van der Waals surface area contributed by atoms with Gasteiger partial charge < -0.3 is 20.8 Å². The summed E-state index contributed by atoms with van der Waals surface area (Å²) in [4.78, 5) is 0. The molecule has 0 aromatic heterocycles. The van der Waals surface area contributed by atoms with Crippen molar-refractivity contribution in [1.29, 1.82) is 0 Å². The summed E-state index contributed by atoms with van der Waals surface area (Å²) < 4.78 is 0. The van der Waals surface area contributed by atoms with Gasteiger partial charge in [0.2, 0.25) is 0 Å². The molecule has 0 bridgehead atoms. The minimum Gasteiger partial charge on any atom is -0.346 e. The fourth-order valence-electron chi connectivity index (χ4n) is 1.64. The van der Waals surface area contributed by atoms with E-state index >= 15 is 0 Å². The van der Waals surface area contributed by atoms with Gasteiger partial charge >= 0.3 is 0 Å². The van der Waals surface area contributed by atoms with Gasteiger partial charge in [0, 0.05) is 21.1 Å². The van der Waals surface area contributed by atoms with Crippen molar-refractivity contribution >= 4 is 0 Å². The van der Waals surface area contributed by atoms with Gasteiger partial charge in [-0.2, -0.15) is 19.8 Å². The molecule has 0 N–H and O–H groups in total. The summed E-state index contributed by atoms with van der Waals surface area (Å²) >= 11 is 0. The van der Waals surface area contributed by atoms with Crippen molar-refractivity contribution in [2.24, 2.45) is 0 Å². The van der Waals surface area contributed by atoms with Gasteiger partial charge in [-0.3, -0.25) is 0 Å². The molecule has 0 unspecified atom stereocenters. The molecular formula is C17H33W-3. The van der Waals surface area contributed by atoms with Gasteiger partial charge in [0.25, 0.3) is 0 Å². The third-order valence-corrected chi connectivity index (χ3v) is 2.66. The normalized spacial score (nSPS) is 9.78. The SMILES string of the molecule is [CH2-]C.[CH2-]CCCC/C=C\CCCCCCC[CH2-].[W]. The summed E-state index contributed by atoms with van der Waals surface area (Å²) in [6.07, 6.45) is 18.8. The van der Waals surface area contributed by atoms with Crippen molar-refractivity contribution in [3.8, 4) is 0 Å². The van der Waals surface area contributed by atoms with E-state index < -0.39 is 0 Å². The van der Waals surface area contributed by atoms with Gasteiger partial charge in [-0.25, -0.2) is 0 Å². The fraction of sp³-hybridized carbons (Fsp3) is 0.706. The molecule has 0 saturated carbocycles. The van der Waals surface area contributed by atoms with Crippen molar-refractivity contribution in [2.45, 2.75) is 77.6 Å². The summed E-state index contributed by atoms with van der Waals surface area (Å²) in [6.45, 7) is 12.7. The average Bonchev–Trinajstić information content (AvgIpc) is 2.38. The Labute approximate surface area is 131 Å². The van der Waals surface area contributed by atoms with Crippen LogP contribution in [0.3, 0.4) is 0 Å². The summed E-state index contributed by atoms with van der Waals surface area (Å²) in [5, 5.41) is 0. The Balaban J connectivity index is -0.000000709. The maximum absolute atomic E-state index is 3.85. The molecule has 0 aliphatic heterocycles. The molecule has 0 amide bonds. The van der Waals surface area contributed by atoms with Crippen LogP contribution in [-0.4, -0.2) is 0 Å². The van der Waals surface area contributed by atoms with Crippen LogP contribution in [0.15, 0.2) is 12.2 Å². The van der Waals surface area contributed by atoms with E-state index in [-0.39, 0.29) is 21.1 Å². The first kappa shape index (κ1) is 23.5. The van der Waals surface area contributed by atoms with Crippen LogP contribution < -0.4 is 0 Å². The molecule has 0 fully saturated rings. The van der Waals surface area contributed by atoms with Crippen LogP contribution in [0.5, 0.6) is 0 Å². The summed E-state index contributed by atoms with van der Waals surface area (Å²) in [5.74, 6) is 0. The van der Waals surface area contributed by atoms with Crippen LogP contribution in [0.25, 0.3) is 0 Å². The largest absolute Gasteiger partial charge is 0.346 e. The van der Waals surface area contributed by atoms with E-state index in [1.165, 1.54) is 57.8 Å². The Bertz CT molecular complexity index is 130. The van der Waals surface area contributed by atoms with Crippen molar-refractivity contribution in [1.82, 2.24) is 0 Å². The van der Waals surface area contributed by atoms with E-state index in [0.29, 0.717) is 0 Å². The fourth-order valence-corrected chi connectivity index (χ4v) is 1.64. The maximum Gasteiger partial charge on any atom is 0 e. The molecule has 0 atom stereocenters. The quantitative estimate of drug-likeness (QED) is 0.208. The first-order chi connectivity index (χ1) is 8.41. The van der Waals surface area contributed by atoms with Crippen LogP contribution in [0.2, 0.25) is 0 Å². The smallest absolute Gasteiger partial charge is 0 e. The van der Waals surface area contributed by atoms with Crippen LogP contribution >= 0.6 is 0 Å². The number of hydrogen-bond acceptors (Lipinski definition) is 0. The van der Waals surface area contributed by atoms with Gasteiger partial charge in [0.1, 0.15) is 0 Å². The van der Waals surface area contributed by atoms with Crippen LogP contribution in [0.4, 0.5) is 0 Å². The minimum atomic E-state index is 0. The van der Waals surface area contributed by atoms with Crippen LogP contribution in [0, 0.1) is 20.8 Å². The van der Waals surface area contributed by atoms with E-state index in [2.05, 4.69) is 32.9 Å². The molecule has 0 heterocycles. The summed E-state index contributed by atoms with van der Waals surface area (Å²) in [6, 6.07) is 0. The Morgan fingerprint density at radius 2 is 0.944 bits per heavy atom. The minimum absolute atomic E-state index is 0. The Kier molecular flexibility index (Phi) is 34.1. The first-order valence-electron chi connectivity index (χ1n) is 7.36. The van der Waals surface area contributed by atoms with Crippen molar-refractivity contribution in [3.05, 3.63) is 32.9 Å². The predicted molar refractivity (Wildman–Crippen MR) is 81.7 cm³/mol. The molecular weight excluding hydrogens is 388 g/mol. The molecule has 0 nitrogen and oxygen atoms in total. The molecule has 1 heteroatoms. The topological polar surface area (TPSA) is 0 Å². The van der Waals surface area contributed by atoms with Gasteiger partial charge in [-0.15, -0.1) is 0 Å². The van der Waals surface area contributed by atoms with Crippen LogP contribution in [0.1, 0.15) is 77.6 Å². The zero-order chi connectivity index (χ0) is 13.2. The molecule has 0 saturated heterocycles. The molecule has 0 aromatic carbocycles. The molecule has 0 aromatic rings. The second-order valence-corrected chi connectivity index (χ2v) is 4.23. The van der Waals surface area contributed by atoms with Crippen molar-refractivity contribution in [2.75, 3.05) is 0 Å². The zero-order valence-corrected chi connectivity index (χ0v) is 15.4. The van der Waals surface area contributed by atoms with Gasteiger partial charge in [0.05, 0.1) is 0 Å². The number of rotatable bonds is 11. The third-order valence-electron chi connectivity index (χ3n) is 2.66. The van der Waals surface area contributed by atoms with Gasteiger partial charge in [-0.1, -0.05) is 50.7 Å². The van der Waals surface area contributed by atoms with E-state index in [1.807, 2.05) is 0 Å². The second kappa shape index (κ2) is 26.1. The second-order valence-electron chi connectivity index (χ2n) is 4.23. The molecule has 0 rings (SSSR count). The van der Waals surface area contributed by atoms with E-state index in [4.69, 9.17) is 0 Å². The molecule has 110 valence electrons. The number of hydrogen-bond donors (Lipinski definition) is 0. The number of unbranched alkanes of at least 4 members (excludes halogenated alkanes) is 9. The standard InChI is InChI=1S/C15H28.C2H5.W/c1-3-5-7-9-11-13-15-14-12-10-8-6-4-2;1-2;/h11,13H,1-10,12,14-15H2;1H2,2H3;/q-2;-1;/b13-11-;;. The molecule has 0 spiro atoms. The van der Waals surface area contributed by atoms with Gasteiger partial charge in [0.15, 0.2) is 0 Å². The van der Waals surface area contributed by atoms with Crippen molar-refractivity contribution in [3.63, 3.8) is 0 Å². The zero-order valence-electron chi connectivity index (χ0n) is 12.5. The monoisotopic (exact) mass is 421 g/mol. The Morgan fingerprint density at radius 3 is 1.44 bits per heavy atom. The van der Waals surface area contributed by atoms with Gasteiger partial charge in [-0.05, 0) is 19.3 Å². The van der Waals surface area contributed by atoms with Crippen molar-refractivity contribution < 1.29 is 21.1 Å². The first-order valence-corrected chi connectivity index (χ1v) is 7.36. The molecule has 0 radical (unpaired) electrons. The van der Waals surface area contributed by atoms with E-state index in [9.17, 15) is 0 Å². The summed E-state index contributed by atoms with van der Waals surface area (Å²) in [7, 11) is 0. The molecule has 0 aliphatic carbocycles. The van der Waals surface area contributed by atoms with Crippen LogP contribution in [-0.2, 0) is 21.1 Å².